The van der Waals surface area contributed by atoms with Crippen LogP contribution in [0.2, 0.25) is 0 Å². The molecule has 28 heavy (non-hydrogen) atoms. The fourth-order valence-electron chi connectivity index (χ4n) is 3.79. The quantitative estimate of drug-likeness (QED) is 0.630. The zero-order chi connectivity index (χ0) is 19.3. The van der Waals surface area contributed by atoms with Gasteiger partial charge in [0.15, 0.2) is 0 Å². The molecule has 1 amide bonds. The Kier molecular flexibility index (Phi) is 5.07. The highest BCUT2D eigenvalue weighted by Gasteiger charge is 2.29. The summed E-state index contributed by atoms with van der Waals surface area (Å²) in [6.45, 7) is 7.60. The molecule has 1 aliphatic rings. The number of benzene rings is 3. The minimum absolute atomic E-state index is 0.0224. The molecule has 4 heteroatoms. The number of carbonyl (C=O) groups excluding carboxylic acids is 1. The van der Waals surface area contributed by atoms with Crippen molar-refractivity contribution in [1.29, 1.82) is 0 Å². The van der Waals surface area contributed by atoms with Crippen molar-refractivity contribution in [2.24, 2.45) is 0 Å². The highest BCUT2D eigenvalue weighted by Crippen LogP contribution is 2.44. The summed E-state index contributed by atoms with van der Waals surface area (Å²) < 4.78 is 5.59. The molecule has 0 spiro atoms. The third-order valence-corrected chi connectivity index (χ3v) is 5.11. The number of rotatable bonds is 5. The van der Waals surface area contributed by atoms with Crippen LogP contribution in [0.1, 0.15) is 28.7 Å². The Morgan fingerprint density at radius 2 is 1.50 bits per heavy atom. The van der Waals surface area contributed by atoms with Gasteiger partial charge in [0.1, 0.15) is 12.6 Å². The van der Waals surface area contributed by atoms with E-state index in [1.165, 1.54) is 22.3 Å². The summed E-state index contributed by atoms with van der Waals surface area (Å²) in [5.41, 5.74) is 5.64. The van der Waals surface area contributed by atoms with Gasteiger partial charge in [0.05, 0.1) is 0 Å². The van der Waals surface area contributed by atoms with Crippen molar-refractivity contribution < 1.29 is 9.53 Å². The van der Waals surface area contributed by atoms with E-state index in [9.17, 15) is 4.79 Å². The largest absolute Gasteiger partial charge is 0.449 e. The van der Waals surface area contributed by atoms with Crippen LogP contribution in [0.4, 0.5) is 4.79 Å². The molecule has 0 radical (unpaired) electrons. The van der Waals surface area contributed by atoms with Crippen molar-refractivity contribution in [2.75, 3.05) is 13.2 Å². The lowest BCUT2D eigenvalue weighted by molar-refractivity contribution is 0.139. The molecule has 1 N–H and O–H groups in total. The zero-order valence-electron chi connectivity index (χ0n) is 15.3. The summed E-state index contributed by atoms with van der Waals surface area (Å²) in [6, 6.07) is 25.6. The minimum Gasteiger partial charge on any atom is -0.449 e. The van der Waals surface area contributed by atoms with E-state index >= 15 is 0 Å². The molecule has 1 aliphatic carbocycles. The van der Waals surface area contributed by atoms with Crippen molar-refractivity contribution in [3.05, 3.63) is 107 Å². The number of carbonyl (C=O) groups is 1. The molecule has 3 aromatic rings. The Morgan fingerprint density at radius 3 is 2.11 bits per heavy atom. The number of nitrogens with zero attached hydrogens (tertiary/aromatic N) is 1. The highest BCUT2D eigenvalue weighted by molar-refractivity contribution is 5.79. The maximum absolute atomic E-state index is 12.4. The molecule has 1 atom stereocenters. The third kappa shape index (κ3) is 3.47. The van der Waals surface area contributed by atoms with E-state index in [4.69, 9.17) is 11.3 Å². The van der Waals surface area contributed by atoms with Crippen molar-refractivity contribution in [3.8, 4) is 11.1 Å². The van der Waals surface area contributed by atoms with Gasteiger partial charge in [-0.3, -0.25) is 0 Å². The Labute approximate surface area is 164 Å². The first-order valence-corrected chi connectivity index (χ1v) is 9.27. The second-order valence-corrected chi connectivity index (χ2v) is 6.77. The number of nitrogens with one attached hydrogen (secondary N) is 1. The Morgan fingerprint density at radius 1 is 0.929 bits per heavy atom. The maximum atomic E-state index is 12.4. The maximum Gasteiger partial charge on any atom is 0.407 e. The van der Waals surface area contributed by atoms with Crippen LogP contribution in [-0.4, -0.2) is 19.2 Å². The van der Waals surface area contributed by atoms with Crippen LogP contribution in [0, 0.1) is 6.57 Å². The zero-order valence-corrected chi connectivity index (χ0v) is 15.3. The van der Waals surface area contributed by atoms with E-state index in [1.807, 2.05) is 54.6 Å². The highest BCUT2D eigenvalue weighted by atomic mass is 16.5. The predicted octanol–water partition coefficient (Wildman–Crippen LogP) is 5.19. The molecule has 0 saturated heterocycles. The van der Waals surface area contributed by atoms with Gasteiger partial charge in [-0.15, -0.1) is 0 Å². The van der Waals surface area contributed by atoms with Crippen LogP contribution >= 0.6 is 0 Å². The molecule has 4 rings (SSSR count). The fraction of sp³-hybridized carbons (Fsp3) is 0.167. The first-order chi connectivity index (χ1) is 13.8. The molecule has 4 nitrogen and oxygen atoms in total. The van der Waals surface area contributed by atoms with Crippen molar-refractivity contribution in [2.45, 2.75) is 12.0 Å². The number of fused-ring (bicyclic) bond motifs is 3. The summed E-state index contributed by atoms with van der Waals surface area (Å²) in [5.74, 6) is 0.0224. The number of alkyl carbamates (subject to hydrolysis) is 1. The molecule has 0 bridgehead atoms. The minimum atomic E-state index is -0.501. The van der Waals surface area contributed by atoms with Crippen LogP contribution in [0.15, 0.2) is 78.9 Å². The van der Waals surface area contributed by atoms with Gasteiger partial charge >= 0.3 is 6.09 Å². The van der Waals surface area contributed by atoms with E-state index in [-0.39, 0.29) is 25.1 Å². The Bertz CT molecular complexity index is 979. The van der Waals surface area contributed by atoms with Crippen LogP contribution < -0.4 is 5.32 Å². The predicted molar refractivity (Wildman–Crippen MR) is 109 cm³/mol. The van der Waals surface area contributed by atoms with Gasteiger partial charge < -0.3 is 14.9 Å². The molecule has 0 aromatic heterocycles. The Hall–Kier alpha value is -3.58. The second kappa shape index (κ2) is 7.98. The van der Waals surface area contributed by atoms with E-state index < -0.39 is 6.09 Å². The van der Waals surface area contributed by atoms with Crippen molar-refractivity contribution in [3.63, 3.8) is 0 Å². The molecule has 0 fully saturated rings. The molecule has 0 saturated carbocycles. The lowest BCUT2D eigenvalue weighted by Crippen LogP contribution is -2.31. The van der Waals surface area contributed by atoms with Gasteiger partial charge in [0, 0.05) is 5.92 Å². The fourth-order valence-corrected chi connectivity index (χ4v) is 3.79. The van der Waals surface area contributed by atoms with Gasteiger partial charge in [-0.1, -0.05) is 78.9 Å². The van der Waals surface area contributed by atoms with Gasteiger partial charge in [0.2, 0.25) is 6.54 Å². The van der Waals surface area contributed by atoms with Crippen LogP contribution in [0.3, 0.4) is 0 Å². The molecule has 138 valence electrons. The topological polar surface area (TPSA) is 42.7 Å². The molecule has 0 heterocycles. The lowest BCUT2D eigenvalue weighted by Gasteiger charge is -2.17. The summed E-state index contributed by atoms with van der Waals surface area (Å²) in [7, 11) is 0. The summed E-state index contributed by atoms with van der Waals surface area (Å²) >= 11 is 0. The van der Waals surface area contributed by atoms with Crippen LogP contribution in [0.5, 0.6) is 0 Å². The first-order valence-electron chi connectivity index (χ1n) is 9.27. The van der Waals surface area contributed by atoms with Crippen LogP contribution in [0.25, 0.3) is 16.0 Å². The van der Waals surface area contributed by atoms with Crippen molar-refractivity contribution >= 4 is 6.09 Å². The summed E-state index contributed by atoms with van der Waals surface area (Å²) in [6.07, 6.45) is -0.501. The molecular formula is C24H20N2O2. The molecular weight excluding hydrogens is 348 g/mol. The summed E-state index contributed by atoms with van der Waals surface area (Å²) in [5, 5.41) is 2.83. The number of hydrogen-bond acceptors (Lipinski definition) is 2. The number of hydrogen-bond donors (Lipinski definition) is 1. The molecule has 0 aliphatic heterocycles. The normalized spacial score (nSPS) is 13.1. The smallest absolute Gasteiger partial charge is 0.407 e. The van der Waals surface area contributed by atoms with E-state index in [1.54, 1.807) is 0 Å². The van der Waals surface area contributed by atoms with Gasteiger partial charge in [-0.2, -0.15) is 0 Å². The average molecular weight is 368 g/mol. The Balaban J connectivity index is 1.47. The SMILES string of the molecule is [C-]#[N+]C[C@@H](NC(=O)OCC1c2ccccc2-c2ccccc21)c1ccccc1. The molecule has 3 aromatic carbocycles. The third-order valence-electron chi connectivity index (χ3n) is 5.11. The number of ether oxygens (including phenoxy) is 1. The average Bonchev–Trinajstić information content (AvgIpc) is 3.06. The van der Waals surface area contributed by atoms with Gasteiger partial charge in [-0.25, -0.2) is 11.4 Å². The first kappa shape index (κ1) is 17.8. The second-order valence-electron chi connectivity index (χ2n) is 6.77. The van der Waals surface area contributed by atoms with Crippen LogP contribution in [-0.2, 0) is 4.74 Å². The van der Waals surface area contributed by atoms with E-state index in [2.05, 4.69) is 34.4 Å². The van der Waals surface area contributed by atoms with E-state index in [0.29, 0.717) is 0 Å². The van der Waals surface area contributed by atoms with Crippen molar-refractivity contribution in [1.82, 2.24) is 5.32 Å². The monoisotopic (exact) mass is 368 g/mol. The van der Waals surface area contributed by atoms with Gasteiger partial charge in [-0.05, 0) is 27.8 Å². The summed E-state index contributed by atoms with van der Waals surface area (Å²) in [4.78, 5) is 15.9. The van der Waals surface area contributed by atoms with E-state index in [0.717, 1.165) is 5.56 Å². The number of amides is 1. The standard InChI is InChI=1S/C24H20N2O2/c1-25-15-23(17-9-3-2-4-10-17)26-24(27)28-16-22-20-13-7-5-11-18(20)19-12-6-8-14-21(19)22/h2-14,22-23H,15-16H2,(H,26,27)/t23-/m1/s1. The lowest BCUT2D eigenvalue weighted by atomic mass is 9.98. The molecule has 0 unspecified atom stereocenters. The van der Waals surface area contributed by atoms with Gasteiger partial charge in [0.25, 0.3) is 0 Å².